The van der Waals surface area contributed by atoms with Crippen LogP contribution in [0.5, 0.6) is 0 Å². The lowest BCUT2D eigenvalue weighted by Crippen LogP contribution is -2.24. The van der Waals surface area contributed by atoms with Gasteiger partial charge in [-0.05, 0) is 72.4 Å². The van der Waals surface area contributed by atoms with Gasteiger partial charge in [-0.3, -0.25) is 0 Å². The third-order valence-corrected chi connectivity index (χ3v) is 4.66. The van der Waals surface area contributed by atoms with E-state index >= 15 is 0 Å². The van der Waals surface area contributed by atoms with Gasteiger partial charge >= 0.3 is 0 Å². The average Bonchev–Trinajstić information content (AvgIpc) is 2.48. The largest absolute Gasteiger partial charge is 0.316 e. The van der Waals surface area contributed by atoms with Crippen molar-refractivity contribution in [1.82, 2.24) is 5.32 Å². The van der Waals surface area contributed by atoms with E-state index in [1.54, 1.807) is 19.1 Å². The Morgan fingerprint density at radius 2 is 2.13 bits per heavy atom. The monoisotopic (exact) mass is 315 g/mol. The smallest absolute Gasteiger partial charge is 0.130 e. The van der Waals surface area contributed by atoms with E-state index < -0.39 is 5.67 Å². The lowest BCUT2D eigenvalue weighted by molar-refractivity contribution is 0.257. The highest BCUT2D eigenvalue weighted by Gasteiger charge is 2.32. The Morgan fingerprint density at radius 1 is 1.35 bits per heavy atom. The first kappa shape index (κ1) is 16.1. The summed E-state index contributed by atoms with van der Waals surface area (Å²) in [5.41, 5.74) is 4.56. The van der Waals surface area contributed by atoms with Crippen molar-refractivity contribution in [3.05, 3.63) is 70.1 Å². The standard InChI is InChI=1S/C20H23F2N/c1-13-18-11-20(2,22)8-7-14(18)9-16(12-23-3)19(13)15-5-4-6-17(21)10-15/h5,7,10-11,23H,1,4,6,8-9,12H2,2-3H3. The van der Waals surface area contributed by atoms with E-state index in [2.05, 4.69) is 18.0 Å². The Bertz CT molecular complexity index is 699. The van der Waals surface area contributed by atoms with Gasteiger partial charge in [0.05, 0.1) is 0 Å². The second-order valence-electron chi connectivity index (χ2n) is 6.72. The number of nitrogens with one attached hydrogen (secondary N) is 1. The fourth-order valence-corrected chi connectivity index (χ4v) is 3.58. The first-order chi connectivity index (χ1) is 10.9. The molecule has 23 heavy (non-hydrogen) atoms. The minimum atomic E-state index is -1.34. The van der Waals surface area contributed by atoms with Crippen molar-refractivity contribution in [3.8, 4) is 0 Å². The van der Waals surface area contributed by atoms with Crippen LogP contribution < -0.4 is 5.32 Å². The molecule has 3 rings (SSSR count). The van der Waals surface area contributed by atoms with E-state index in [1.165, 1.54) is 5.57 Å². The van der Waals surface area contributed by atoms with Crippen LogP contribution in [-0.2, 0) is 0 Å². The summed E-state index contributed by atoms with van der Waals surface area (Å²) in [5.74, 6) is -0.0964. The van der Waals surface area contributed by atoms with Gasteiger partial charge in [0.25, 0.3) is 0 Å². The lowest BCUT2D eigenvalue weighted by atomic mass is 9.73. The topological polar surface area (TPSA) is 12.0 Å². The zero-order valence-corrected chi connectivity index (χ0v) is 13.8. The van der Waals surface area contributed by atoms with Gasteiger partial charge < -0.3 is 5.32 Å². The molecule has 0 spiro atoms. The maximum atomic E-state index is 14.4. The highest BCUT2D eigenvalue weighted by molar-refractivity contribution is 5.70. The van der Waals surface area contributed by atoms with Gasteiger partial charge in [0, 0.05) is 19.4 Å². The van der Waals surface area contributed by atoms with E-state index in [9.17, 15) is 8.78 Å². The van der Waals surface area contributed by atoms with Crippen molar-refractivity contribution in [3.63, 3.8) is 0 Å². The number of allylic oxidation sites excluding steroid dienone is 10. The molecule has 1 N–H and O–H groups in total. The van der Waals surface area contributed by atoms with E-state index in [1.807, 2.05) is 13.1 Å². The van der Waals surface area contributed by atoms with Gasteiger partial charge in [0.2, 0.25) is 0 Å². The predicted molar refractivity (Wildman–Crippen MR) is 91.5 cm³/mol. The molecular formula is C20H23F2N. The Hall–Kier alpha value is -1.74. The maximum Gasteiger partial charge on any atom is 0.130 e. The molecule has 3 aliphatic carbocycles. The lowest BCUT2D eigenvalue weighted by Gasteiger charge is -2.33. The minimum absolute atomic E-state index is 0.0964. The molecule has 1 nitrogen and oxygen atoms in total. The van der Waals surface area contributed by atoms with E-state index in [4.69, 9.17) is 0 Å². The molecule has 1 atom stereocenters. The normalized spacial score (nSPS) is 27.9. The van der Waals surface area contributed by atoms with Crippen LogP contribution in [0.3, 0.4) is 0 Å². The van der Waals surface area contributed by atoms with Crippen molar-refractivity contribution in [2.75, 3.05) is 13.6 Å². The summed E-state index contributed by atoms with van der Waals surface area (Å²) in [6.07, 6.45) is 9.66. The molecule has 0 saturated heterocycles. The molecule has 0 saturated carbocycles. The summed E-state index contributed by atoms with van der Waals surface area (Å²) in [4.78, 5) is 0. The van der Waals surface area contributed by atoms with Crippen LogP contribution in [0.2, 0.25) is 0 Å². The molecular weight excluding hydrogens is 292 g/mol. The van der Waals surface area contributed by atoms with Crippen LogP contribution >= 0.6 is 0 Å². The van der Waals surface area contributed by atoms with Crippen molar-refractivity contribution in [2.45, 2.75) is 38.3 Å². The molecule has 0 aliphatic heterocycles. The fourth-order valence-electron chi connectivity index (χ4n) is 3.58. The fraction of sp³-hybridized carbons (Fsp3) is 0.400. The first-order valence-electron chi connectivity index (χ1n) is 8.15. The van der Waals surface area contributed by atoms with Crippen molar-refractivity contribution >= 4 is 0 Å². The average molecular weight is 315 g/mol. The maximum absolute atomic E-state index is 14.4. The third kappa shape index (κ3) is 3.16. The van der Waals surface area contributed by atoms with E-state index in [0.29, 0.717) is 19.3 Å². The van der Waals surface area contributed by atoms with Gasteiger partial charge in [0.15, 0.2) is 0 Å². The second-order valence-corrected chi connectivity index (χ2v) is 6.72. The first-order valence-corrected chi connectivity index (χ1v) is 8.15. The molecule has 3 heteroatoms. The molecule has 0 radical (unpaired) electrons. The molecule has 3 aliphatic rings. The molecule has 1 unspecified atom stereocenters. The van der Waals surface area contributed by atoms with Crippen LogP contribution in [0.4, 0.5) is 8.78 Å². The van der Waals surface area contributed by atoms with Gasteiger partial charge in [-0.2, -0.15) is 0 Å². The van der Waals surface area contributed by atoms with E-state index in [0.717, 1.165) is 40.8 Å². The number of likely N-dealkylation sites (N-methyl/N-ethyl adjacent to an activating group) is 1. The summed E-state index contributed by atoms with van der Waals surface area (Å²) in [5, 5.41) is 3.19. The Labute approximate surface area is 136 Å². The van der Waals surface area contributed by atoms with Crippen molar-refractivity contribution < 1.29 is 8.78 Å². The Kier molecular flexibility index (Phi) is 4.24. The number of hydrogen-bond donors (Lipinski definition) is 1. The highest BCUT2D eigenvalue weighted by atomic mass is 19.1. The number of rotatable bonds is 3. The summed E-state index contributed by atoms with van der Waals surface area (Å²) in [6, 6.07) is 0. The third-order valence-electron chi connectivity index (χ3n) is 4.66. The number of fused-ring (bicyclic) bond motifs is 1. The second kappa shape index (κ2) is 6.04. The number of hydrogen-bond acceptors (Lipinski definition) is 1. The zero-order chi connectivity index (χ0) is 16.6. The molecule has 0 aromatic carbocycles. The van der Waals surface area contributed by atoms with Gasteiger partial charge in [-0.15, -0.1) is 0 Å². The highest BCUT2D eigenvalue weighted by Crippen LogP contribution is 2.45. The Balaban J connectivity index is 2.10. The van der Waals surface area contributed by atoms with E-state index in [-0.39, 0.29) is 5.83 Å². The van der Waals surface area contributed by atoms with Gasteiger partial charge in [-0.1, -0.05) is 18.7 Å². The summed E-state index contributed by atoms with van der Waals surface area (Å²) >= 11 is 0. The predicted octanol–water partition coefficient (Wildman–Crippen LogP) is 5.02. The molecule has 0 aromatic rings. The molecule has 122 valence electrons. The summed E-state index contributed by atoms with van der Waals surface area (Å²) < 4.78 is 28.2. The summed E-state index contributed by atoms with van der Waals surface area (Å²) in [6.45, 7) is 6.53. The Morgan fingerprint density at radius 3 is 2.83 bits per heavy atom. The van der Waals surface area contributed by atoms with Crippen LogP contribution in [0.15, 0.2) is 70.1 Å². The van der Waals surface area contributed by atoms with Crippen LogP contribution in [0.1, 0.15) is 32.6 Å². The van der Waals surface area contributed by atoms with Crippen LogP contribution in [-0.4, -0.2) is 19.3 Å². The molecule has 0 fully saturated rings. The van der Waals surface area contributed by atoms with Crippen LogP contribution in [0, 0.1) is 0 Å². The SMILES string of the molecule is C=C1C2=CC(C)(F)CC=C2CC(CNC)=C1C1=CCCC(F)=C1. The van der Waals surface area contributed by atoms with Gasteiger partial charge in [-0.25, -0.2) is 8.78 Å². The van der Waals surface area contributed by atoms with Crippen LogP contribution in [0.25, 0.3) is 0 Å². The molecule has 0 bridgehead atoms. The summed E-state index contributed by atoms with van der Waals surface area (Å²) in [7, 11) is 1.90. The molecule has 0 aromatic heterocycles. The number of alkyl halides is 1. The van der Waals surface area contributed by atoms with Crippen molar-refractivity contribution in [1.29, 1.82) is 0 Å². The quantitative estimate of drug-likeness (QED) is 0.771. The van der Waals surface area contributed by atoms with Crippen molar-refractivity contribution in [2.24, 2.45) is 0 Å². The molecule has 0 heterocycles. The minimum Gasteiger partial charge on any atom is -0.316 e. The zero-order valence-electron chi connectivity index (χ0n) is 13.8. The number of halogens is 2. The molecule has 0 amide bonds. The van der Waals surface area contributed by atoms with Gasteiger partial charge in [0.1, 0.15) is 11.5 Å².